The molecule has 1 aromatic carbocycles. The molecule has 7 heteroatoms. The Bertz CT molecular complexity index is 1110. The number of nitrogens with zero attached hydrogens (tertiary/aromatic N) is 1. The van der Waals surface area contributed by atoms with E-state index in [9.17, 15) is 13.2 Å². The number of anilines is 1. The molecule has 0 aliphatic carbocycles. The van der Waals surface area contributed by atoms with E-state index in [2.05, 4.69) is 12.2 Å². The molecule has 1 amide bonds. The van der Waals surface area contributed by atoms with E-state index < -0.39 is 15.7 Å². The summed E-state index contributed by atoms with van der Waals surface area (Å²) < 4.78 is 34.1. The van der Waals surface area contributed by atoms with Gasteiger partial charge in [0.1, 0.15) is 10.7 Å². The van der Waals surface area contributed by atoms with Gasteiger partial charge in [0.2, 0.25) is 9.84 Å². The topological polar surface area (TPSA) is 81.3 Å². The second kappa shape index (κ2) is 8.29. The monoisotopic (exact) mass is 414 g/mol. The van der Waals surface area contributed by atoms with Gasteiger partial charge in [-0.05, 0) is 57.0 Å². The number of aromatic nitrogens is 1. The first-order valence-electron chi connectivity index (χ1n) is 9.63. The van der Waals surface area contributed by atoms with Gasteiger partial charge in [-0.1, -0.05) is 31.0 Å². The number of sulfone groups is 1. The maximum atomic E-state index is 13.5. The molecule has 0 unspecified atom stereocenters. The lowest BCUT2D eigenvalue weighted by atomic mass is 10.2. The summed E-state index contributed by atoms with van der Waals surface area (Å²) in [5.41, 5.74) is 2.43. The number of carbonyl (C=O) groups excluding carboxylic acids is 1. The first kappa shape index (κ1) is 20.9. The summed E-state index contributed by atoms with van der Waals surface area (Å²) in [6, 6.07) is 9.89. The van der Waals surface area contributed by atoms with Crippen LogP contribution in [-0.2, 0) is 16.4 Å². The summed E-state index contributed by atoms with van der Waals surface area (Å²) >= 11 is 0. The third kappa shape index (κ3) is 4.00. The number of furan rings is 1. The summed E-state index contributed by atoms with van der Waals surface area (Å²) in [6.45, 7) is 8.24. The van der Waals surface area contributed by atoms with E-state index in [4.69, 9.17) is 4.42 Å². The molecule has 2 aromatic heterocycles. The van der Waals surface area contributed by atoms with Crippen molar-refractivity contribution >= 4 is 21.6 Å². The van der Waals surface area contributed by atoms with Gasteiger partial charge in [0.05, 0.1) is 11.2 Å². The lowest BCUT2D eigenvalue weighted by molar-refractivity contribution is 0.0995. The Balaban J connectivity index is 2.17. The molecule has 0 saturated heterocycles. The fourth-order valence-corrected chi connectivity index (χ4v) is 4.99. The molecule has 29 heavy (non-hydrogen) atoms. The van der Waals surface area contributed by atoms with Crippen LogP contribution in [0.4, 0.5) is 5.82 Å². The van der Waals surface area contributed by atoms with Crippen molar-refractivity contribution < 1.29 is 17.6 Å². The maximum Gasteiger partial charge on any atom is 0.292 e. The highest BCUT2D eigenvalue weighted by molar-refractivity contribution is 7.91. The lowest BCUT2D eigenvalue weighted by Gasteiger charge is -2.14. The second-order valence-corrected chi connectivity index (χ2v) is 9.03. The van der Waals surface area contributed by atoms with E-state index in [1.165, 1.54) is 6.26 Å². The molecule has 0 bridgehead atoms. The van der Waals surface area contributed by atoms with Crippen molar-refractivity contribution in [3.05, 3.63) is 65.2 Å². The summed E-state index contributed by atoms with van der Waals surface area (Å²) in [7, 11) is -3.82. The van der Waals surface area contributed by atoms with E-state index in [1.54, 1.807) is 43.3 Å². The fraction of sp³-hybridized carbons (Fsp3) is 0.318. The van der Waals surface area contributed by atoms with Crippen molar-refractivity contribution in [2.75, 3.05) is 5.32 Å². The predicted octanol–water partition coefficient (Wildman–Crippen LogP) is 4.89. The normalized spacial score (nSPS) is 11.6. The van der Waals surface area contributed by atoms with Crippen LogP contribution in [0, 0.1) is 20.8 Å². The highest BCUT2D eigenvalue weighted by Gasteiger charge is 2.30. The molecular formula is C22H26N2O4S. The lowest BCUT2D eigenvalue weighted by Crippen LogP contribution is -2.17. The fourth-order valence-electron chi connectivity index (χ4n) is 3.30. The average Bonchev–Trinajstić information content (AvgIpc) is 3.29. The van der Waals surface area contributed by atoms with Crippen molar-refractivity contribution in [1.29, 1.82) is 0 Å². The zero-order valence-electron chi connectivity index (χ0n) is 17.2. The number of amides is 1. The van der Waals surface area contributed by atoms with Gasteiger partial charge in [0, 0.05) is 12.2 Å². The van der Waals surface area contributed by atoms with Gasteiger partial charge in [-0.15, -0.1) is 0 Å². The minimum absolute atomic E-state index is 0.127. The number of aryl methyl sites for hydroxylation is 1. The molecule has 6 nitrogen and oxygen atoms in total. The Morgan fingerprint density at radius 3 is 2.38 bits per heavy atom. The number of benzene rings is 1. The second-order valence-electron chi connectivity index (χ2n) is 7.14. The summed E-state index contributed by atoms with van der Waals surface area (Å²) in [5.74, 6) is -0.0664. The third-order valence-corrected chi connectivity index (χ3v) is 7.02. The van der Waals surface area contributed by atoms with Crippen LogP contribution in [0.3, 0.4) is 0 Å². The van der Waals surface area contributed by atoms with Gasteiger partial charge in [0.15, 0.2) is 5.76 Å². The zero-order valence-corrected chi connectivity index (χ0v) is 18.0. The third-order valence-electron chi connectivity index (χ3n) is 5.09. The van der Waals surface area contributed by atoms with Crippen molar-refractivity contribution in [1.82, 2.24) is 4.57 Å². The van der Waals surface area contributed by atoms with Crippen molar-refractivity contribution in [2.24, 2.45) is 0 Å². The van der Waals surface area contributed by atoms with Crippen molar-refractivity contribution in [3.8, 4) is 0 Å². The van der Waals surface area contributed by atoms with E-state index in [0.29, 0.717) is 12.1 Å². The van der Waals surface area contributed by atoms with Gasteiger partial charge in [0.25, 0.3) is 5.91 Å². The van der Waals surface area contributed by atoms with Gasteiger partial charge >= 0.3 is 0 Å². The van der Waals surface area contributed by atoms with Crippen molar-refractivity contribution in [2.45, 2.75) is 56.9 Å². The molecule has 0 radical (unpaired) electrons. The summed E-state index contributed by atoms with van der Waals surface area (Å²) in [4.78, 5) is 13.0. The Morgan fingerprint density at radius 2 is 1.79 bits per heavy atom. The number of carbonyl (C=O) groups is 1. The number of hydrogen-bond acceptors (Lipinski definition) is 4. The number of unbranched alkanes of at least 4 members (excludes halogenated alkanes) is 1. The van der Waals surface area contributed by atoms with Crippen LogP contribution in [0.25, 0.3) is 0 Å². The Hall–Kier alpha value is -2.80. The van der Waals surface area contributed by atoms with E-state index in [-0.39, 0.29) is 21.4 Å². The van der Waals surface area contributed by atoms with Gasteiger partial charge in [-0.2, -0.15) is 0 Å². The number of hydrogen-bond donors (Lipinski definition) is 1. The van der Waals surface area contributed by atoms with E-state index in [0.717, 1.165) is 24.1 Å². The molecule has 0 aliphatic heterocycles. The van der Waals surface area contributed by atoms with Crippen molar-refractivity contribution in [3.63, 3.8) is 0 Å². The Kier molecular flexibility index (Phi) is 5.98. The highest BCUT2D eigenvalue weighted by atomic mass is 32.2. The highest BCUT2D eigenvalue weighted by Crippen LogP contribution is 2.36. The van der Waals surface area contributed by atoms with Crippen LogP contribution in [0.2, 0.25) is 0 Å². The summed E-state index contributed by atoms with van der Waals surface area (Å²) in [6.07, 6.45) is 3.22. The molecule has 0 spiro atoms. The van der Waals surface area contributed by atoms with Crippen LogP contribution in [-0.4, -0.2) is 18.9 Å². The molecule has 3 aromatic rings. The molecular weight excluding hydrogens is 388 g/mol. The minimum atomic E-state index is -3.82. The first-order chi connectivity index (χ1) is 13.8. The number of nitrogens with one attached hydrogen (secondary N) is 1. The quantitative estimate of drug-likeness (QED) is 0.597. The van der Waals surface area contributed by atoms with Crippen LogP contribution >= 0.6 is 0 Å². The maximum absolute atomic E-state index is 13.5. The SMILES string of the molecule is CCCCn1c(C)c(C)c(S(=O)(=O)c2ccc(C)cc2)c1NC(=O)c1ccco1. The molecule has 0 saturated carbocycles. The molecule has 0 fully saturated rings. The van der Waals surface area contributed by atoms with Crippen LogP contribution in [0.15, 0.2) is 56.9 Å². The van der Waals surface area contributed by atoms with E-state index >= 15 is 0 Å². The first-order valence-corrected chi connectivity index (χ1v) is 11.1. The Morgan fingerprint density at radius 1 is 1.10 bits per heavy atom. The predicted molar refractivity (Wildman–Crippen MR) is 112 cm³/mol. The summed E-state index contributed by atoms with van der Waals surface area (Å²) in [5, 5.41) is 2.79. The van der Waals surface area contributed by atoms with Gasteiger partial charge in [-0.25, -0.2) is 8.42 Å². The van der Waals surface area contributed by atoms with Crippen LogP contribution in [0.5, 0.6) is 0 Å². The minimum Gasteiger partial charge on any atom is -0.459 e. The smallest absolute Gasteiger partial charge is 0.292 e. The molecule has 154 valence electrons. The van der Waals surface area contributed by atoms with Gasteiger partial charge < -0.3 is 14.3 Å². The average molecular weight is 415 g/mol. The standard InChI is InChI=1S/C22H26N2O4S/c1-5-6-13-24-17(4)16(3)20(21(24)23-22(25)19-8-7-14-28-19)29(26,27)18-11-9-15(2)10-12-18/h7-12,14H,5-6,13H2,1-4H3,(H,23,25). The zero-order chi connectivity index (χ0) is 21.2. The largest absolute Gasteiger partial charge is 0.459 e. The van der Waals surface area contributed by atoms with Crippen LogP contribution < -0.4 is 5.32 Å². The van der Waals surface area contributed by atoms with Gasteiger partial charge in [-0.3, -0.25) is 4.79 Å². The molecule has 2 heterocycles. The molecule has 0 atom stereocenters. The number of rotatable bonds is 7. The molecule has 1 N–H and O–H groups in total. The molecule has 3 rings (SSSR count). The van der Waals surface area contributed by atoms with E-state index in [1.807, 2.05) is 18.4 Å². The molecule has 0 aliphatic rings. The Labute approximate surface area is 171 Å². The van der Waals surface area contributed by atoms with Crippen LogP contribution in [0.1, 0.15) is 47.1 Å².